The quantitative estimate of drug-likeness (QED) is 0.434. The molecule has 1 aliphatic heterocycles. The lowest BCUT2D eigenvalue weighted by Crippen LogP contribution is -2.39. The van der Waals surface area contributed by atoms with Crippen molar-refractivity contribution >= 4 is 16.6 Å². The van der Waals surface area contributed by atoms with Crippen molar-refractivity contribution in [1.29, 1.82) is 0 Å². The minimum absolute atomic E-state index is 0.951. The van der Waals surface area contributed by atoms with Crippen LogP contribution in [0, 0.1) is 0 Å². The summed E-state index contributed by atoms with van der Waals surface area (Å²) in [6.07, 6.45) is 4.36. The molecule has 1 unspecified atom stereocenters. The summed E-state index contributed by atoms with van der Waals surface area (Å²) in [5.74, 6) is 0. The molecule has 0 aromatic heterocycles. The van der Waals surface area contributed by atoms with Crippen molar-refractivity contribution in [3.05, 3.63) is 25.2 Å². The van der Waals surface area contributed by atoms with Gasteiger partial charge in [0.05, 0.1) is 6.20 Å². The van der Waals surface area contributed by atoms with E-state index in [1.807, 2.05) is 0 Å². The third kappa shape index (κ3) is 1.11. The molecule has 0 amide bonds. The van der Waals surface area contributed by atoms with E-state index in [0.29, 0.717) is 0 Å². The van der Waals surface area contributed by atoms with Gasteiger partial charge in [-0.1, -0.05) is 0 Å². The summed E-state index contributed by atoms with van der Waals surface area (Å²) in [6.45, 7) is 3.23. The van der Waals surface area contributed by atoms with E-state index < -0.39 is 14.2 Å². The fourth-order valence-corrected chi connectivity index (χ4v) is 1.21. The molecule has 1 heterocycles. The molecule has 1 aliphatic rings. The van der Waals surface area contributed by atoms with Gasteiger partial charge in [0.1, 0.15) is 12.4 Å². The Morgan fingerprint density at radius 3 is 2.45 bits per heavy atom. The first-order valence-electron chi connectivity index (χ1n) is 2.72. The van der Waals surface area contributed by atoms with Gasteiger partial charge in [-0.2, -0.15) is 8.42 Å². The minimum Gasteiger partial charge on any atom is -0.701 e. The van der Waals surface area contributed by atoms with Crippen LogP contribution in [0.5, 0.6) is 0 Å². The van der Waals surface area contributed by atoms with Crippen molar-refractivity contribution < 1.29 is 16.9 Å². The molecule has 0 spiro atoms. The molecule has 0 aromatic carbocycles. The van der Waals surface area contributed by atoms with Crippen molar-refractivity contribution in [2.75, 3.05) is 0 Å². The smallest absolute Gasteiger partial charge is 0.269 e. The highest BCUT2D eigenvalue weighted by molar-refractivity contribution is 7.80. The second-order valence-electron chi connectivity index (χ2n) is 1.94. The number of hydrogen-bond acceptors (Lipinski definition) is 4. The Kier molecular flexibility index (Phi) is 1.67. The number of rotatable bonds is 2. The van der Waals surface area contributed by atoms with Crippen molar-refractivity contribution in [1.82, 2.24) is 0 Å². The van der Waals surface area contributed by atoms with Gasteiger partial charge in [0.2, 0.25) is 6.34 Å². The lowest BCUT2D eigenvalue weighted by atomic mass is 10.8. The van der Waals surface area contributed by atoms with Crippen LogP contribution in [0.15, 0.2) is 30.2 Å². The Bertz CT molecular complexity index is 316. The van der Waals surface area contributed by atoms with E-state index >= 15 is 0 Å². The monoisotopic (exact) mass is 174 g/mol. The topological polar surface area (TPSA) is 69.6 Å². The first-order valence-corrected chi connectivity index (χ1v) is 4.08. The van der Waals surface area contributed by atoms with Crippen molar-refractivity contribution in [3.8, 4) is 0 Å². The van der Waals surface area contributed by atoms with E-state index in [9.17, 15) is 13.0 Å². The first-order chi connectivity index (χ1) is 5.02. The number of hydrogen-bond donors (Lipinski definition) is 0. The standard InChI is InChI=1S/C5H6N2O3S/c1-2-7(11(8,9)10)4-3-6-5-7/h2-5H,1H2. The van der Waals surface area contributed by atoms with Gasteiger partial charge in [0.25, 0.3) is 10.3 Å². The highest BCUT2D eigenvalue weighted by Crippen LogP contribution is 2.16. The second kappa shape index (κ2) is 2.26. The molecule has 0 radical (unpaired) electrons. The van der Waals surface area contributed by atoms with Gasteiger partial charge in [-0.25, -0.2) is 4.99 Å². The van der Waals surface area contributed by atoms with Crippen LogP contribution in [0.1, 0.15) is 0 Å². The van der Waals surface area contributed by atoms with Gasteiger partial charge in [-0.05, 0) is 6.58 Å². The van der Waals surface area contributed by atoms with E-state index in [1.165, 1.54) is 6.20 Å². The number of quaternary nitrogens is 1. The summed E-state index contributed by atoms with van der Waals surface area (Å²) < 4.78 is 30.8. The molecule has 1 atom stereocenters. The molecule has 0 N–H and O–H groups in total. The van der Waals surface area contributed by atoms with Crippen LogP contribution in [0.2, 0.25) is 0 Å². The summed E-state index contributed by atoms with van der Waals surface area (Å²) in [6, 6.07) is 0. The Labute approximate surface area is 64.4 Å². The van der Waals surface area contributed by atoms with Gasteiger partial charge in [-0.15, -0.1) is 3.89 Å². The zero-order chi connectivity index (χ0) is 8.54. The summed E-state index contributed by atoms with van der Waals surface area (Å²) in [5.41, 5.74) is 0. The number of aliphatic imine (C=N–C) groups is 1. The van der Waals surface area contributed by atoms with Crippen LogP contribution in [-0.2, 0) is 10.3 Å². The molecule has 11 heavy (non-hydrogen) atoms. The Morgan fingerprint density at radius 2 is 2.27 bits per heavy atom. The zero-order valence-electron chi connectivity index (χ0n) is 5.54. The normalized spacial score (nSPS) is 29.2. The van der Waals surface area contributed by atoms with Gasteiger partial charge in [0, 0.05) is 0 Å². The van der Waals surface area contributed by atoms with Gasteiger partial charge < -0.3 is 4.55 Å². The highest BCUT2D eigenvalue weighted by Gasteiger charge is 2.30. The maximum atomic E-state index is 10.6. The summed E-state index contributed by atoms with van der Waals surface area (Å²) in [7, 11) is -4.48. The Morgan fingerprint density at radius 1 is 1.64 bits per heavy atom. The largest absolute Gasteiger partial charge is 0.701 e. The lowest BCUT2D eigenvalue weighted by molar-refractivity contribution is -0.579. The van der Waals surface area contributed by atoms with Gasteiger partial charge >= 0.3 is 0 Å². The molecular formula is C5H6N2O3S. The molecule has 0 aliphatic carbocycles. The third-order valence-electron chi connectivity index (χ3n) is 1.31. The molecule has 60 valence electrons. The number of nitrogens with zero attached hydrogens (tertiary/aromatic N) is 2. The van der Waals surface area contributed by atoms with E-state index in [0.717, 1.165) is 18.7 Å². The molecule has 6 heteroatoms. The molecule has 0 saturated carbocycles. The van der Waals surface area contributed by atoms with Crippen molar-refractivity contribution in [3.63, 3.8) is 0 Å². The predicted molar refractivity (Wildman–Crippen MR) is 37.8 cm³/mol. The Hall–Kier alpha value is -0.980. The fourth-order valence-electron chi connectivity index (χ4n) is 0.655. The SMILES string of the molecule is C=C[N+]1(S(=O)(=O)[O-])C=CN=C1. The molecule has 0 bridgehead atoms. The predicted octanol–water partition coefficient (Wildman–Crippen LogP) is -0.0800. The minimum atomic E-state index is -4.48. The fraction of sp³-hybridized carbons (Fsp3) is 0. The molecular weight excluding hydrogens is 168 g/mol. The average molecular weight is 174 g/mol. The highest BCUT2D eigenvalue weighted by atomic mass is 32.2. The van der Waals surface area contributed by atoms with Crippen LogP contribution in [0.3, 0.4) is 0 Å². The average Bonchev–Trinajstić information content (AvgIpc) is 2.33. The maximum absolute atomic E-state index is 10.6. The lowest BCUT2D eigenvalue weighted by Gasteiger charge is -2.23. The summed E-state index contributed by atoms with van der Waals surface area (Å²) >= 11 is 0. The summed E-state index contributed by atoms with van der Waals surface area (Å²) in [4.78, 5) is 3.49. The second-order valence-corrected chi connectivity index (χ2v) is 3.42. The van der Waals surface area contributed by atoms with E-state index in [4.69, 9.17) is 0 Å². The van der Waals surface area contributed by atoms with Crippen LogP contribution in [0.25, 0.3) is 0 Å². The molecule has 0 aromatic rings. The van der Waals surface area contributed by atoms with E-state index in [-0.39, 0.29) is 0 Å². The van der Waals surface area contributed by atoms with Crippen LogP contribution < -0.4 is 0 Å². The van der Waals surface area contributed by atoms with Crippen molar-refractivity contribution in [2.45, 2.75) is 0 Å². The molecule has 1 rings (SSSR count). The summed E-state index contributed by atoms with van der Waals surface area (Å²) in [5, 5.41) is 0. The van der Waals surface area contributed by atoms with Crippen LogP contribution in [-0.4, -0.2) is 23.2 Å². The molecule has 5 nitrogen and oxygen atoms in total. The third-order valence-corrected chi connectivity index (χ3v) is 2.45. The first kappa shape index (κ1) is 8.12. The van der Waals surface area contributed by atoms with Crippen molar-refractivity contribution in [2.24, 2.45) is 4.99 Å². The van der Waals surface area contributed by atoms with Gasteiger partial charge in [0.15, 0.2) is 0 Å². The maximum Gasteiger partial charge on any atom is 0.269 e. The van der Waals surface area contributed by atoms with Crippen LogP contribution in [0.4, 0.5) is 0 Å². The van der Waals surface area contributed by atoms with E-state index in [2.05, 4.69) is 11.6 Å². The molecule has 0 saturated heterocycles. The van der Waals surface area contributed by atoms with Gasteiger partial charge in [-0.3, -0.25) is 0 Å². The Balaban J connectivity index is 3.26. The van der Waals surface area contributed by atoms with Crippen LogP contribution >= 0.6 is 0 Å². The zero-order valence-corrected chi connectivity index (χ0v) is 6.36. The van der Waals surface area contributed by atoms with E-state index in [1.54, 1.807) is 0 Å². The molecule has 0 fully saturated rings.